The molecule has 7 heteroatoms. The van der Waals surface area contributed by atoms with Gasteiger partial charge in [-0.1, -0.05) is 17.3 Å². The molecule has 0 N–H and O–H groups in total. The van der Waals surface area contributed by atoms with Crippen LogP contribution in [0.2, 0.25) is 0 Å². The maximum Gasteiger partial charge on any atom is 0.188 e. The van der Waals surface area contributed by atoms with Crippen LogP contribution in [0.4, 0.5) is 0 Å². The standard InChI is InChI=1S/C20H16N4O2S/c1-11-8-14(13(3)24(11)18-9-12(2)26-23-18)19(25)15(10-21)20-22-16-6-4-5-7-17(16)27-20/h4-9,15H,1-3H3. The molecule has 0 fully saturated rings. The molecule has 0 saturated heterocycles. The first-order valence-corrected chi connectivity index (χ1v) is 9.23. The van der Waals surface area contributed by atoms with Gasteiger partial charge in [0, 0.05) is 23.0 Å². The van der Waals surface area contributed by atoms with Gasteiger partial charge in [-0.05, 0) is 39.0 Å². The zero-order valence-electron chi connectivity index (χ0n) is 15.1. The molecule has 0 aliphatic heterocycles. The van der Waals surface area contributed by atoms with Crippen LogP contribution in [0.3, 0.4) is 0 Å². The van der Waals surface area contributed by atoms with Crippen molar-refractivity contribution in [2.75, 3.05) is 0 Å². The van der Waals surface area contributed by atoms with Crippen molar-refractivity contribution < 1.29 is 9.32 Å². The number of aryl methyl sites for hydroxylation is 2. The fourth-order valence-corrected chi connectivity index (χ4v) is 4.23. The molecule has 3 aromatic heterocycles. The minimum Gasteiger partial charge on any atom is -0.360 e. The minimum absolute atomic E-state index is 0.254. The summed E-state index contributed by atoms with van der Waals surface area (Å²) in [5, 5.41) is 14.2. The Morgan fingerprint density at radius 2 is 2.04 bits per heavy atom. The summed E-state index contributed by atoms with van der Waals surface area (Å²) >= 11 is 1.38. The topological polar surface area (TPSA) is 84.7 Å². The summed E-state index contributed by atoms with van der Waals surface area (Å²) in [5.41, 5.74) is 2.88. The van der Waals surface area contributed by atoms with Gasteiger partial charge in [-0.25, -0.2) is 4.98 Å². The number of ketones is 1. The molecule has 134 valence electrons. The van der Waals surface area contributed by atoms with Crippen molar-refractivity contribution in [1.82, 2.24) is 14.7 Å². The number of nitrogens with zero attached hydrogens (tertiary/aromatic N) is 4. The van der Waals surface area contributed by atoms with Crippen molar-refractivity contribution in [3.05, 3.63) is 64.1 Å². The molecule has 1 aromatic carbocycles. The smallest absolute Gasteiger partial charge is 0.188 e. The lowest BCUT2D eigenvalue weighted by atomic mass is 9.99. The van der Waals surface area contributed by atoms with Crippen LogP contribution in [0.5, 0.6) is 0 Å². The summed E-state index contributed by atoms with van der Waals surface area (Å²) in [6.07, 6.45) is 0. The predicted octanol–water partition coefficient (Wildman–Crippen LogP) is 4.49. The highest BCUT2D eigenvalue weighted by atomic mass is 32.1. The van der Waals surface area contributed by atoms with Gasteiger partial charge in [-0.3, -0.25) is 9.36 Å². The van der Waals surface area contributed by atoms with Gasteiger partial charge in [0.2, 0.25) is 0 Å². The Hall–Kier alpha value is -3.24. The van der Waals surface area contributed by atoms with Crippen LogP contribution >= 0.6 is 11.3 Å². The number of fused-ring (bicyclic) bond motifs is 1. The second-order valence-corrected chi connectivity index (χ2v) is 7.42. The van der Waals surface area contributed by atoms with Crippen LogP contribution in [0, 0.1) is 32.1 Å². The van der Waals surface area contributed by atoms with E-state index in [0.29, 0.717) is 22.1 Å². The Morgan fingerprint density at radius 1 is 1.26 bits per heavy atom. The van der Waals surface area contributed by atoms with Crippen molar-refractivity contribution in [1.29, 1.82) is 5.26 Å². The van der Waals surface area contributed by atoms with E-state index in [-0.39, 0.29) is 5.78 Å². The molecular weight excluding hydrogens is 360 g/mol. The summed E-state index contributed by atoms with van der Waals surface area (Å²) < 4.78 is 7.97. The highest BCUT2D eigenvalue weighted by Crippen LogP contribution is 2.31. The van der Waals surface area contributed by atoms with Gasteiger partial charge < -0.3 is 4.52 Å². The van der Waals surface area contributed by atoms with Crippen molar-refractivity contribution >= 4 is 27.3 Å². The molecule has 27 heavy (non-hydrogen) atoms. The van der Waals surface area contributed by atoms with E-state index in [2.05, 4.69) is 16.2 Å². The molecule has 6 nitrogen and oxygen atoms in total. The van der Waals surface area contributed by atoms with Gasteiger partial charge in [0.25, 0.3) is 0 Å². The second kappa shape index (κ2) is 6.49. The number of para-hydroxylation sites is 1. The van der Waals surface area contributed by atoms with Gasteiger partial charge in [0.15, 0.2) is 17.5 Å². The molecule has 0 bridgehead atoms. The van der Waals surface area contributed by atoms with E-state index in [4.69, 9.17) is 4.52 Å². The Labute approximate surface area is 159 Å². The first kappa shape index (κ1) is 17.2. The molecule has 0 amide bonds. The summed E-state index contributed by atoms with van der Waals surface area (Å²) in [4.78, 5) is 17.7. The van der Waals surface area contributed by atoms with Crippen LogP contribution in [0.15, 0.2) is 40.9 Å². The van der Waals surface area contributed by atoms with Crippen LogP contribution in [-0.2, 0) is 0 Å². The van der Waals surface area contributed by atoms with Crippen LogP contribution in [0.25, 0.3) is 16.0 Å². The summed E-state index contributed by atoms with van der Waals surface area (Å²) in [6, 6.07) is 13.4. The van der Waals surface area contributed by atoms with Crippen LogP contribution < -0.4 is 0 Å². The SMILES string of the molecule is Cc1cc(-n2c(C)cc(C(=O)C(C#N)c3nc4ccccc4s3)c2C)no1. The van der Waals surface area contributed by atoms with Crippen molar-refractivity contribution in [3.8, 4) is 11.9 Å². The molecule has 0 spiro atoms. The number of benzene rings is 1. The molecule has 4 aromatic rings. The minimum atomic E-state index is -0.935. The zero-order chi connectivity index (χ0) is 19.1. The molecule has 3 heterocycles. The summed E-state index contributed by atoms with van der Waals surface area (Å²) in [7, 11) is 0. The number of Topliss-reactive ketones (excluding diaryl/α,β-unsaturated/α-hetero) is 1. The van der Waals surface area contributed by atoms with Crippen molar-refractivity contribution in [2.45, 2.75) is 26.7 Å². The monoisotopic (exact) mass is 376 g/mol. The Balaban J connectivity index is 1.76. The predicted molar refractivity (Wildman–Crippen MR) is 102 cm³/mol. The third-order valence-electron chi connectivity index (χ3n) is 4.49. The van der Waals surface area contributed by atoms with E-state index in [9.17, 15) is 10.1 Å². The number of hydrogen-bond acceptors (Lipinski definition) is 6. The molecule has 0 aliphatic rings. The zero-order valence-corrected chi connectivity index (χ0v) is 15.9. The average molecular weight is 376 g/mol. The van der Waals surface area contributed by atoms with Gasteiger partial charge in [0.1, 0.15) is 10.8 Å². The molecule has 1 atom stereocenters. The normalized spacial score (nSPS) is 12.2. The Morgan fingerprint density at radius 3 is 2.70 bits per heavy atom. The third kappa shape index (κ3) is 2.84. The van der Waals surface area contributed by atoms with E-state index < -0.39 is 5.92 Å². The molecule has 0 radical (unpaired) electrons. The van der Waals surface area contributed by atoms with Crippen LogP contribution in [0.1, 0.15) is 38.4 Å². The van der Waals surface area contributed by atoms with Gasteiger partial charge in [0.05, 0.1) is 16.3 Å². The summed E-state index contributed by atoms with van der Waals surface area (Å²) in [5.74, 6) is 0.122. The van der Waals surface area contributed by atoms with Gasteiger partial charge >= 0.3 is 0 Å². The van der Waals surface area contributed by atoms with E-state index >= 15 is 0 Å². The maximum atomic E-state index is 13.2. The van der Waals surface area contributed by atoms with Gasteiger partial charge in [-0.15, -0.1) is 11.3 Å². The number of thiazole rings is 1. The molecule has 0 aliphatic carbocycles. The Bertz CT molecular complexity index is 1180. The van der Waals surface area contributed by atoms with E-state index in [1.165, 1.54) is 11.3 Å². The van der Waals surface area contributed by atoms with Gasteiger partial charge in [-0.2, -0.15) is 5.26 Å². The lowest BCUT2D eigenvalue weighted by Crippen LogP contribution is -2.12. The molecular formula is C20H16N4O2S. The Kier molecular flexibility index (Phi) is 4.13. The van der Waals surface area contributed by atoms with Crippen molar-refractivity contribution in [3.63, 3.8) is 0 Å². The second-order valence-electron chi connectivity index (χ2n) is 6.36. The molecule has 0 saturated carbocycles. The van der Waals surface area contributed by atoms with E-state index in [1.807, 2.05) is 55.7 Å². The van der Waals surface area contributed by atoms with Crippen molar-refractivity contribution in [2.24, 2.45) is 0 Å². The lowest BCUT2D eigenvalue weighted by molar-refractivity contribution is 0.0978. The largest absolute Gasteiger partial charge is 0.360 e. The number of rotatable bonds is 4. The van der Waals surface area contributed by atoms with E-state index in [0.717, 1.165) is 21.6 Å². The maximum absolute atomic E-state index is 13.2. The third-order valence-corrected chi connectivity index (χ3v) is 5.59. The fraction of sp³-hybridized carbons (Fsp3) is 0.200. The molecule has 4 rings (SSSR count). The first-order chi connectivity index (χ1) is 13.0. The number of carbonyl (C=O) groups is 1. The lowest BCUT2D eigenvalue weighted by Gasteiger charge is -2.07. The number of hydrogen-bond donors (Lipinski definition) is 0. The fourth-order valence-electron chi connectivity index (χ4n) is 3.22. The highest BCUT2D eigenvalue weighted by Gasteiger charge is 2.29. The number of nitriles is 1. The summed E-state index contributed by atoms with van der Waals surface area (Å²) in [6.45, 7) is 5.56. The number of carbonyl (C=O) groups excluding carboxylic acids is 1. The highest BCUT2D eigenvalue weighted by molar-refractivity contribution is 7.18. The quantitative estimate of drug-likeness (QED) is 0.490. The average Bonchev–Trinajstić information content (AvgIpc) is 3.32. The first-order valence-electron chi connectivity index (χ1n) is 8.41. The molecule has 1 unspecified atom stereocenters. The number of aromatic nitrogens is 3. The van der Waals surface area contributed by atoms with E-state index in [1.54, 1.807) is 6.07 Å². The van der Waals surface area contributed by atoms with Crippen LogP contribution in [-0.4, -0.2) is 20.5 Å².